The average molecular weight is 457 g/mol. The van der Waals surface area contributed by atoms with Crippen molar-refractivity contribution in [2.45, 2.75) is 0 Å². The van der Waals surface area contributed by atoms with Crippen LogP contribution in [0.4, 0.5) is 15.9 Å². The average Bonchev–Trinajstić information content (AvgIpc) is 2.86. The van der Waals surface area contributed by atoms with Crippen molar-refractivity contribution in [3.05, 3.63) is 96.0 Å². The van der Waals surface area contributed by atoms with Crippen LogP contribution < -0.4 is 10.1 Å². The van der Waals surface area contributed by atoms with E-state index in [-0.39, 0.29) is 5.02 Å². The highest BCUT2D eigenvalue weighted by Crippen LogP contribution is 2.32. The van der Waals surface area contributed by atoms with Crippen molar-refractivity contribution in [2.24, 2.45) is 0 Å². The predicted molar refractivity (Wildman–Crippen MR) is 129 cm³/mol. The Hall–Kier alpha value is -4.03. The van der Waals surface area contributed by atoms with Crippen LogP contribution in [0, 0.1) is 5.82 Å². The summed E-state index contributed by atoms with van der Waals surface area (Å²) >= 11 is 5.99. The molecule has 0 unspecified atom stereocenters. The van der Waals surface area contributed by atoms with Crippen molar-refractivity contribution in [2.75, 3.05) is 12.4 Å². The molecule has 7 heteroatoms. The van der Waals surface area contributed by atoms with Gasteiger partial charge in [0.15, 0.2) is 5.82 Å². The summed E-state index contributed by atoms with van der Waals surface area (Å²) in [6.07, 6.45) is 3.41. The van der Waals surface area contributed by atoms with Crippen molar-refractivity contribution in [3.8, 4) is 28.3 Å². The third-order valence-corrected chi connectivity index (χ3v) is 5.51. The van der Waals surface area contributed by atoms with Crippen LogP contribution in [0.1, 0.15) is 0 Å². The number of fused-ring (bicyclic) bond motifs is 1. The predicted octanol–water partition coefficient (Wildman–Crippen LogP) is 6.90. The van der Waals surface area contributed by atoms with Gasteiger partial charge in [-0.05, 0) is 65.7 Å². The smallest absolute Gasteiger partial charge is 0.163 e. The molecule has 1 N–H and O–H groups in total. The topological polar surface area (TPSA) is 59.9 Å². The summed E-state index contributed by atoms with van der Waals surface area (Å²) in [7, 11) is 1.64. The van der Waals surface area contributed by atoms with Crippen LogP contribution in [0.15, 0.2) is 85.2 Å². The molecule has 0 spiro atoms. The number of halogens is 2. The largest absolute Gasteiger partial charge is 0.497 e. The normalized spacial score (nSPS) is 10.9. The van der Waals surface area contributed by atoms with E-state index in [0.717, 1.165) is 33.3 Å². The van der Waals surface area contributed by atoms with Crippen LogP contribution in [0.5, 0.6) is 5.75 Å². The van der Waals surface area contributed by atoms with Gasteiger partial charge in [0, 0.05) is 29.0 Å². The van der Waals surface area contributed by atoms with Crippen LogP contribution >= 0.6 is 11.6 Å². The third-order valence-electron chi connectivity index (χ3n) is 5.22. The van der Waals surface area contributed by atoms with Crippen molar-refractivity contribution >= 4 is 34.0 Å². The quantitative estimate of drug-likeness (QED) is 0.311. The standard InChI is InChI=1S/C26H18ClFN4O/c1-33-20-8-4-16(5-9-20)17-6-11-24-21(13-17)26(30-19-7-10-23(28)22(27)14-19)32-25(31-24)18-3-2-12-29-15-18/h2-15H,1H3,(H,30,31,32). The minimum atomic E-state index is -0.479. The molecule has 0 atom stereocenters. The van der Waals surface area contributed by atoms with Gasteiger partial charge in [0.05, 0.1) is 17.6 Å². The minimum Gasteiger partial charge on any atom is -0.497 e. The molecule has 0 saturated heterocycles. The highest BCUT2D eigenvalue weighted by atomic mass is 35.5. The Balaban J connectivity index is 1.65. The maximum atomic E-state index is 13.7. The monoisotopic (exact) mass is 456 g/mol. The number of rotatable bonds is 5. The van der Waals surface area contributed by atoms with Gasteiger partial charge in [-0.15, -0.1) is 0 Å². The molecule has 5 aromatic rings. The Morgan fingerprint density at radius 1 is 0.879 bits per heavy atom. The maximum Gasteiger partial charge on any atom is 0.163 e. The highest BCUT2D eigenvalue weighted by molar-refractivity contribution is 6.31. The van der Waals surface area contributed by atoms with Gasteiger partial charge in [0.1, 0.15) is 17.4 Å². The zero-order chi connectivity index (χ0) is 22.8. The van der Waals surface area contributed by atoms with E-state index in [2.05, 4.69) is 10.3 Å². The van der Waals surface area contributed by atoms with E-state index in [0.29, 0.717) is 17.3 Å². The van der Waals surface area contributed by atoms with Gasteiger partial charge < -0.3 is 10.1 Å². The summed E-state index contributed by atoms with van der Waals surface area (Å²) < 4.78 is 18.9. The van der Waals surface area contributed by atoms with E-state index in [4.69, 9.17) is 26.3 Å². The Labute approximate surface area is 194 Å². The number of benzene rings is 3. The zero-order valence-corrected chi connectivity index (χ0v) is 18.3. The number of hydrogen-bond acceptors (Lipinski definition) is 5. The second kappa shape index (κ2) is 8.84. The van der Waals surface area contributed by atoms with Crippen LogP contribution in [0.3, 0.4) is 0 Å². The Bertz CT molecular complexity index is 1440. The zero-order valence-electron chi connectivity index (χ0n) is 17.6. The number of methoxy groups -OCH3 is 1. The third kappa shape index (κ3) is 4.33. The summed E-state index contributed by atoms with van der Waals surface area (Å²) in [6, 6.07) is 22.0. The van der Waals surface area contributed by atoms with Gasteiger partial charge in [-0.3, -0.25) is 4.98 Å². The molecule has 0 aliphatic heterocycles. The number of aromatic nitrogens is 3. The molecular formula is C26H18ClFN4O. The van der Waals surface area contributed by atoms with Gasteiger partial charge in [-0.1, -0.05) is 29.8 Å². The first-order chi connectivity index (χ1) is 16.1. The molecule has 0 bridgehead atoms. The molecule has 0 saturated carbocycles. The van der Waals surface area contributed by atoms with Gasteiger partial charge in [0.2, 0.25) is 0 Å². The molecule has 33 heavy (non-hydrogen) atoms. The summed E-state index contributed by atoms with van der Waals surface area (Å²) in [5.41, 5.74) is 4.21. The van der Waals surface area contributed by atoms with Gasteiger partial charge >= 0.3 is 0 Å². The summed E-state index contributed by atoms with van der Waals surface area (Å²) in [6.45, 7) is 0. The molecule has 0 amide bonds. The van der Waals surface area contributed by atoms with Crippen LogP contribution in [-0.4, -0.2) is 22.1 Å². The Morgan fingerprint density at radius 2 is 1.70 bits per heavy atom. The summed E-state index contributed by atoms with van der Waals surface area (Å²) in [4.78, 5) is 13.7. The molecule has 5 nitrogen and oxygen atoms in total. The van der Waals surface area contributed by atoms with Crippen LogP contribution in [0.2, 0.25) is 5.02 Å². The van der Waals surface area contributed by atoms with Gasteiger partial charge in [0.25, 0.3) is 0 Å². The molecular weight excluding hydrogens is 439 g/mol. The number of nitrogens with zero attached hydrogens (tertiary/aromatic N) is 3. The van der Waals surface area contributed by atoms with Gasteiger partial charge in [-0.2, -0.15) is 0 Å². The van der Waals surface area contributed by atoms with Crippen LogP contribution in [0.25, 0.3) is 33.4 Å². The molecule has 5 rings (SSSR count). The maximum absolute atomic E-state index is 13.7. The van der Waals surface area contributed by atoms with E-state index < -0.39 is 5.82 Å². The lowest BCUT2D eigenvalue weighted by Gasteiger charge is -2.13. The first-order valence-corrected chi connectivity index (χ1v) is 10.6. The Kier molecular flexibility index (Phi) is 5.59. The van der Waals surface area contributed by atoms with Crippen molar-refractivity contribution < 1.29 is 9.13 Å². The number of hydrogen-bond donors (Lipinski definition) is 1. The molecule has 3 aromatic carbocycles. The number of pyridine rings is 1. The minimum absolute atomic E-state index is 0.0322. The van der Waals surface area contributed by atoms with Crippen molar-refractivity contribution in [3.63, 3.8) is 0 Å². The lowest BCUT2D eigenvalue weighted by atomic mass is 10.0. The van der Waals surface area contributed by atoms with Gasteiger partial charge in [-0.25, -0.2) is 14.4 Å². The SMILES string of the molecule is COc1ccc(-c2ccc3nc(-c4cccnc4)nc(Nc4ccc(F)c(Cl)c4)c3c2)cc1. The number of ether oxygens (including phenoxy) is 1. The fourth-order valence-corrected chi connectivity index (χ4v) is 3.70. The number of anilines is 2. The van der Waals surface area contributed by atoms with Crippen molar-refractivity contribution in [1.29, 1.82) is 0 Å². The summed E-state index contributed by atoms with van der Waals surface area (Å²) in [5, 5.41) is 4.13. The lowest BCUT2D eigenvalue weighted by molar-refractivity contribution is 0.415. The molecule has 0 aliphatic carbocycles. The Morgan fingerprint density at radius 3 is 2.42 bits per heavy atom. The molecule has 0 aliphatic rings. The molecule has 0 radical (unpaired) electrons. The molecule has 2 aromatic heterocycles. The van der Waals surface area contributed by atoms with E-state index in [1.807, 2.05) is 54.6 Å². The summed E-state index contributed by atoms with van der Waals surface area (Å²) in [5.74, 6) is 1.42. The first-order valence-electron chi connectivity index (χ1n) is 10.2. The fourth-order valence-electron chi connectivity index (χ4n) is 3.52. The van der Waals surface area contributed by atoms with E-state index in [9.17, 15) is 4.39 Å². The second-order valence-corrected chi connectivity index (χ2v) is 7.76. The second-order valence-electron chi connectivity index (χ2n) is 7.35. The molecule has 162 valence electrons. The first kappa shape index (κ1) is 20.8. The van der Waals surface area contributed by atoms with E-state index in [1.54, 1.807) is 25.6 Å². The molecule has 0 fully saturated rings. The van der Waals surface area contributed by atoms with Crippen LogP contribution in [-0.2, 0) is 0 Å². The molecule has 2 heterocycles. The highest BCUT2D eigenvalue weighted by Gasteiger charge is 2.12. The van der Waals surface area contributed by atoms with Crippen molar-refractivity contribution in [1.82, 2.24) is 15.0 Å². The fraction of sp³-hybridized carbons (Fsp3) is 0.0385. The van der Waals surface area contributed by atoms with E-state index >= 15 is 0 Å². The van der Waals surface area contributed by atoms with E-state index in [1.165, 1.54) is 12.1 Å². The lowest BCUT2D eigenvalue weighted by Crippen LogP contribution is -2.00. The number of nitrogens with one attached hydrogen (secondary N) is 1.